The van der Waals surface area contributed by atoms with Crippen LogP contribution in [0.5, 0.6) is 5.75 Å². The molecule has 0 bridgehead atoms. The van der Waals surface area contributed by atoms with Gasteiger partial charge in [-0.05, 0) is 19.9 Å². The third-order valence-electron chi connectivity index (χ3n) is 3.43. The Kier molecular flexibility index (Phi) is 2.71. The van der Waals surface area contributed by atoms with Crippen LogP contribution in [0.1, 0.15) is 31.9 Å². The van der Waals surface area contributed by atoms with Gasteiger partial charge in [0, 0.05) is 12.0 Å². The number of ether oxygens (including phenoxy) is 1. The summed E-state index contributed by atoms with van der Waals surface area (Å²) in [6.07, 6.45) is 2.38. The maximum absolute atomic E-state index is 6.01. The fourth-order valence-electron chi connectivity index (χ4n) is 2.58. The minimum Gasteiger partial charge on any atom is -0.487 e. The van der Waals surface area contributed by atoms with Crippen LogP contribution in [0.3, 0.4) is 0 Å². The Hall–Kier alpha value is -1.68. The Morgan fingerprint density at radius 3 is 2.84 bits per heavy atom. The number of fused-ring (bicyclic) bond motifs is 1. The lowest BCUT2D eigenvalue weighted by atomic mass is 9.90. The first-order valence-corrected chi connectivity index (χ1v) is 6.62. The van der Waals surface area contributed by atoms with Crippen LogP contribution in [0.4, 0.5) is 5.82 Å². The monoisotopic (exact) mass is 277 g/mol. The van der Waals surface area contributed by atoms with E-state index in [1.807, 2.05) is 24.3 Å². The molecule has 1 aromatic carbocycles. The van der Waals surface area contributed by atoms with E-state index in [2.05, 4.69) is 18.9 Å². The van der Waals surface area contributed by atoms with Gasteiger partial charge < -0.3 is 10.5 Å². The number of nitrogen functional groups attached to an aromatic ring is 1. The van der Waals surface area contributed by atoms with Crippen molar-refractivity contribution in [1.29, 1.82) is 0 Å². The lowest BCUT2D eigenvalue weighted by Crippen LogP contribution is -2.37. The third kappa shape index (κ3) is 2.06. The van der Waals surface area contributed by atoms with E-state index in [9.17, 15) is 0 Å². The molecular formula is C14H16ClN3O. The zero-order valence-corrected chi connectivity index (χ0v) is 11.7. The molecule has 0 radical (unpaired) electrons. The van der Waals surface area contributed by atoms with E-state index in [0.717, 1.165) is 17.7 Å². The van der Waals surface area contributed by atoms with E-state index in [-0.39, 0.29) is 11.6 Å². The van der Waals surface area contributed by atoms with E-state index >= 15 is 0 Å². The molecular weight excluding hydrogens is 262 g/mol. The molecule has 0 saturated heterocycles. The molecule has 0 aliphatic carbocycles. The SMILES string of the molecule is CC1(C)CC(n2ncc(Cl)c2N)c2ccccc2O1. The summed E-state index contributed by atoms with van der Waals surface area (Å²) in [7, 11) is 0. The second-order valence-electron chi connectivity index (χ2n) is 5.44. The van der Waals surface area contributed by atoms with Crippen LogP contribution < -0.4 is 10.5 Å². The number of hydrogen-bond acceptors (Lipinski definition) is 3. The summed E-state index contributed by atoms with van der Waals surface area (Å²) in [4.78, 5) is 0. The van der Waals surface area contributed by atoms with E-state index in [4.69, 9.17) is 22.1 Å². The molecule has 1 aliphatic rings. The number of anilines is 1. The van der Waals surface area contributed by atoms with Crippen molar-refractivity contribution in [3.8, 4) is 5.75 Å². The highest BCUT2D eigenvalue weighted by Crippen LogP contribution is 2.42. The summed E-state index contributed by atoms with van der Waals surface area (Å²) < 4.78 is 7.79. The normalized spacial score (nSPS) is 20.7. The molecule has 0 saturated carbocycles. The number of benzene rings is 1. The Balaban J connectivity index is 2.13. The standard InChI is InChI=1S/C14H16ClN3O/c1-14(2)7-11(18-13(16)10(15)8-17-18)9-5-3-4-6-12(9)19-14/h3-6,8,11H,7,16H2,1-2H3. The van der Waals surface area contributed by atoms with E-state index < -0.39 is 0 Å². The smallest absolute Gasteiger partial charge is 0.141 e. The molecule has 4 nitrogen and oxygen atoms in total. The van der Waals surface area contributed by atoms with Gasteiger partial charge in [-0.2, -0.15) is 5.10 Å². The van der Waals surface area contributed by atoms with Crippen molar-refractivity contribution in [3.05, 3.63) is 41.0 Å². The summed E-state index contributed by atoms with van der Waals surface area (Å²) >= 11 is 6.01. The minimum atomic E-state index is -0.260. The largest absolute Gasteiger partial charge is 0.487 e. The average Bonchev–Trinajstić information content (AvgIpc) is 2.68. The van der Waals surface area contributed by atoms with Gasteiger partial charge in [0.1, 0.15) is 22.2 Å². The average molecular weight is 278 g/mol. The molecule has 2 aromatic rings. The maximum atomic E-state index is 6.01. The van der Waals surface area contributed by atoms with Gasteiger partial charge in [-0.25, -0.2) is 4.68 Å². The number of nitrogens with zero attached hydrogens (tertiary/aromatic N) is 2. The maximum Gasteiger partial charge on any atom is 0.141 e. The predicted octanol–water partition coefficient (Wildman–Crippen LogP) is 3.27. The highest BCUT2D eigenvalue weighted by Gasteiger charge is 2.35. The van der Waals surface area contributed by atoms with Crippen molar-refractivity contribution in [3.63, 3.8) is 0 Å². The molecule has 2 heterocycles. The Morgan fingerprint density at radius 1 is 1.42 bits per heavy atom. The summed E-state index contributed by atoms with van der Waals surface area (Å²) in [5, 5.41) is 4.80. The molecule has 1 atom stereocenters. The molecule has 1 aliphatic heterocycles. The molecule has 3 rings (SSSR count). The highest BCUT2D eigenvalue weighted by molar-refractivity contribution is 6.32. The molecule has 0 fully saturated rings. The van der Waals surface area contributed by atoms with Gasteiger partial charge in [-0.15, -0.1) is 0 Å². The zero-order valence-electron chi connectivity index (χ0n) is 10.9. The predicted molar refractivity (Wildman–Crippen MR) is 75.6 cm³/mol. The molecule has 0 amide bonds. The summed E-state index contributed by atoms with van der Waals surface area (Å²) in [5.41, 5.74) is 6.84. The molecule has 0 spiro atoms. The number of hydrogen-bond donors (Lipinski definition) is 1. The Bertz CT molecular complexity index is 621. The third-order valence-corrected chi connectivity index (χ3v) is 3.72. The van der Waals surface area contributed by atoms with E-state index in [1.54, 1.807) is 10.9 Å². The van der Waals surface area contributed by atoms with Crippen LogP contribution in [-0.4, -0.2) is 15.4 Å². The number of rotatable bonds is 1. The summed E-state index contributed by atoms with van der Waals surface area (Å²) in [6, 6.07) is 8.04. The highest BCUT2D eigenvalue weighted by atomic mass is 35.5. The van der Waals surface area contributed by atoms with Gasteiger partial charge in [0.2, 0.25) is 0 Å². The molecule has 2 N–H and O–H groups in total. The molecule has 1 aromatic heterocycles. The summed E-state index contributed by atoms with van der Waals surface area (Å²) in [6.45, 7) is 4.13. The van der Waals surface area contributed by atoms with Crippen molar-refractivity contribution in [2.24, 2.45) is 0 Å². The Morgan fingerprint density at radius 2 is 2.16 bits per heavy atom. The van der Waals surface area contributed by atoms with Gasteiger partial charge in [0.15, 0.2) is 0 Å². The fourth-order valence-corrected chi connectivity index (χ4v) is 2.71. The second kappa shape index (κ2) is 4.17. The first-order valence-electron chi connectivity index (χ1n) is 6.24. The van der Waals surface area contributed by atoms with Crippen LogP contribution in [0.2, 0.25) is 5.02 Å². The van der Waals surface area contributed by atoms with Gasteiger partial charge in [0.05, 0.1) is 12.2 Å². The van der Waals surface area contributed by atoms with Crippen molar-refractivity contribution >= 4 is 17.4 Å². The van der Waals surface area contributed by atoms with Crippen molar-refractivity contribution in [2.75, 3.05) is 5.73 Å². The molecule has 1 unspecified atom stereocenters. The minimum absolute atomic E-state index is 0.0486. The second-order valence-corrected chi connectivity index (χ2v) is 5.85. The summed E-state index contributed by atoms with van der Waals surface area (Å²) in [5.74, 6) is 1.38. The number of para-hydroxylation sites is 1. The molecule has 19 heavy (non-hydrogen) atoms. The lowest BCUT2D eigenvalue weighted by Gasteiger charge is -2.37. The van der Waals surface area contributed by atoms with Crippen LogP contribution in [0.15, 0.2) is 30.5 Å². The van der Waals surface area contributed by atoms with Gasteiger partial charge >= 0.3 is 0 Å². The van der Waals surface area contributed by atoms with Crippen molar-refractivity contribution in [2.45, 2.75) is 31.9 Å². The van der Waals surface area contributed by atoms with Gasteiger partial charge in [0.25, 0.3) is 0 Å². The lowest BCUT2D eigenvalue weighted by molar-refractivity contribution is 0.0653. The number of halogens is 1. The van der Waals surface area contributed by atoms with Crippen LogP contribution in [0, 0.1) is 0 Å². The molecule has 5 heteroatoms. The van der Waals surface area contributed by atoms with Crippen LogP contribution in [0.25, 0.3) is 0 Å². The van der Waals surface area contributed by atoms with Crippen molar-refractivity contribution in [1.82, 2.24) is 9.78 Å². The van der Waals surface area contributed by atoms with Gasteiger partial charge in [-0.1, -0.05) is 29.8 Å². The first-order chi connectivity index (χ1) is 8.98. The van der Waals surface area contributed by atoms with E-state index in [1.165, 1.54) is 0 Å². The van der Waals surface area contributed by atoms with Crippen molar-refractivity contribution < 1.29 is 4.74 Å². The van der Waals surface area contributed by atoms with Crippen LogP contribution in [-0.2, 0) is 0 Å². The fraction of sp³-hybridized carbons (Fsp3) is 0.357. The van der Waals surface area contributed by atoms with E-state index in [0.29, 0.717) is 10.8 Å². The van der Waals surface area contributed by atoms with Crippen LogP contribution >= 0.6 is 11.6 Å². The number of aromatic nitrogens is 2. The first kappa shape index (κ1) is 12.4. The van der Waals surface area contributed by atoms with Gasteiger partial charge in [-0.3, -0.25) is 0 Å². The quantitative estimate of drug-likeness (QED) is 0.870. The zero-order chi connectivity index (χ0) is 13.6. The Labute approximate surface area is 117 Å². The number of nitrogens with two attached hydrogens (primary N) is 1. The topological polar surface area (TPSA) is 53.1 Å². The molecule has 100 valence electrons.